The number of aliphatic hydroxyl groups excluding tert-OH is 1. The minimum atomic E-state index is 0.0363. The van der Waals surface area contributed by atoms with Crippen LogP contribution in [-0.4, -0.2) is 30.1 Å². The maximum atomic E-state index is 11.0. The van der Waals surface area contributed by atoms with Gasteiger partial charge in [0.25, 0.3) is 0 Å². The number of nitrogens with one attached hydrogen (secondary N) is 1. The van der Waals surface area contributed by atoms with Gasteiger partial charge in [-0.25, -0.2) is 0 Å². The summed E-state index contributed by atoms with van der Waals surface area (Å²) in [5.74, 6) is 0.0363. The maximum Gasteiger partial charge on any atom is 0.217 e. The van der Waals surface area contributed by atoms with Gasteiger partial charge < -0.3 is 15.3 Å². The van der Waals surface area contributed by atoms with Crippen molar-refractivity contribution >= 4 is 11.6 Å². The van der Waals surface area contributed by atoms with Crippen LogP contribution in [0.1, 0.15) is 24.5 Å². The quantitative estimate of drug-likeness (QED) is 0.845. The average Bonchev–Trinajstić information content (AvgIpc) is 2.76. The molecule has 98 valence electrons. The van der Waals surface area contributed by atoms with Crippen LogP contribution < -0.4 is 10.2 Å². The molecule has 1 aliphatic rings. The number of carbonyl (C=O) groups is 1. The molecule has 1 aliphatic heterocycles. The summed E-state index contributed by atoms with van der Waals surface area (Å²) in [4.78, 5) is 13.3. The molecule has 4 nitrogen and oxygen atoms in total. The predicted octanol–water partition coefficient (Wildman–Crippen LogP) is 1.20. The molecule has 0 saturated carbocycles. The van der Waals surface area contributed by atoms with E-state index < -0.39 is 0 Å². The van der Waals surface area contributed by atoms with Crippen molar-refractivity contribution in [2.45, 2.75) is 32.9 Å². The molecule has 1 unspecified atom stereocenters. The third-order valence-corrected chi connectivity index (χ3v) is 3.38. The van der Waals surface area contributed by atoms with Crippen LogP contribution in [0.4, 0.5) is 5.69 Å². The van der Waals surface area contributed by atoms with E-state index in [0.29, 0.717) is 0 Å². The van der Waals surface area contributed by atoms with Crippen LogP contribution in [0, 0.1) is 6.92 Å². The van der Waals surface area contributed by atoms with E-state index in [-0.39, 0.29) is 18.6 Å². The largest absolute Gasteiger partial charge is 0.392 e. The Morgan fingerprint density at radius 2 is 2.33 bits per heavy atom. The Morgan fingerprint density at radius 1 is 1.56 bits per heavy atom. The highest BCUT2D eigenvalue weighted by molar-refractivity contribution is 5.73. The number of amides is 1. The van der Waals surface area contributed by atoms with E-state index in [4.69, 9.17) is 5.11 Å². The first-order chi connectivity index (χ1) is 8.60. The van der Waals surface area contributed by atoms with Gasteiger partial charge in [-0.1, -0.05) is 12.1 Å². The second-order valence-electron chi connectivity index (χ2n) is 4.91. The molecule has 0 aromatic heterocycles. The molecule has 1 aromatic rings. The third kappa shape index (κ3) is 2.82. The van der Waals surface area contributed by atoms with Gasteiger partial charge in [0.05, 0.1) is 6.61 Å². The van der Waals surface area contributed by atoms with Crippen LogP contribution in [0.25, 0.3) is 0 Å². The molecule has 1 atom stereocenters. The smallest absolute Gasteiger partial charge is 0.217 e. The van der Waals surface area contributed by atoms with Crippen molar-refractivity contribution in [3.8, 4) is 0 Å². The Kier molecular flexibility index (Phi) is 3.87. The van der Waals surface area contributed by atoms with E-state index in [0.717, 1.165) is 25.1 Å². The molecule has 2 rings (SSSR count). The van der Waals surface area contributed by atoms with Crippen molar-refractivity contribution in [3.05, 3.63) is 29.3 Å². The summed E-state index contributed by atoms with van der Waals surface area (Å²) in [6.45, 7) is 5.52. The summed E-state index contributed by atoms with van der Waals surface area (Å²) >= 11 is 0. The molecule has 1 heterocycles. The summed E-state index contributed by atoms with van der Waals surface area (Å²) in [7, 11) is 0. The number of rotatable bonds is 3. The van der Waals surface area contributed by atoms with Gasteiger partial charge in [-0.3, -0.25) is 4.79 Å². The van der Waals surface area contributed by atoms with Crippen molar-refractivity contribution in [3.63, 3.8) is 0 Å². The number of benzene rings is 1. The van der Waals surface area contributed by atoms with E-state index in [1.54, 1.807) is 6.92 Å². The van der Waals surface area contributed by atoms with Crippen LogP contribution in [-0.2, 0) is 11.4 Å². The van der Waals surface area contributed by atoms with Crippen molar-refractivity contribution in [1.82, 2.24) is 5.32 Å². The summed E-state index contributed by atoms with van der Waals surface area (Å²) < 4.78 is 0. The molecular formula is C14H20N2O2. The van der Waals surface area contributed by atoms with Crippen LogP contribution in [0.5, 0.6) is 0 Å². The van der Waals surface area contributed by atoms with E-state index in [1.807, 2.05) is 12.1 Å². The summed E-state index contributed by atoms with van der Waals surface area (Å²) in [6, 6.07) is 6.27. The zero-order chi connectivity index (χ0) is 13.1. The van der Waals surface area contributed by atoms with Gasteiger partial charge in [-0.2, -0.15) is 0 Å². The summed E-state index contributed by atoms with van der Waals surface area (Å²) in [5.41, 5.74) is 3.30. The fraction of sp³-hybridized carbons (Fsp3) is 0.500. The lowest BCUT2D eigenvalue weighted by Crippen LogP contribution is -2.35. The second kappa shape index (κ2) is 5.40. The lowest BCUT2D eigenvalue weighted by Gasteiger charge is -2.21. The Balaban J connectivity index is 2.07. The zero-order valence-corrected chi connectivity index (χ0v) is 10.9. The second-order valence-corrected chi connectivity index (χ2v) is 4.91. The Morgan fingerprint density at radius 3 is 2.94 bits per heavy atom. The topological polar surface area (TPSA) is 52.6 Å². The van der Waals surface area contributed by atoms with Gasteiger partial charge in [0.2, 0.25) is 5.91 Å². The number of carbonyl (C=O) groups excluding carboxylic acids is 1. The zero-order valence-electron chi connectivity index (χ0n) is 10.9. The van der Waals surface area contributed by atoms with Crippen molar-refractivity contribution in [1.29, 1.82) is 0 Å². The van der Waals surface area contributed by atoms with Crippen LogP contribution in [0.3, 0.4) is 0 Å². The molecule has 0 spiro atoms. The summed E-state index contributed by atoms with van der Waals surface area (Å²) in [5, 5.41) is 12.1. The average molecular weight is 248 g/mol. The third-order valence-electron chi connectivity index (χ3n) is 3.38. The van der Waals surface area contributed by atoms with E-state index in [2.05, 4.69) is 23.2 Å². The number of nitrogens with zero attached hydrogens (tertiary/aromatic N) is 1. The van der Waals surface area contributed by atoms with Crippen molar-refractivity contribution in [2.75, 3.05) is 18.0 Å². The molecule has 2 N–H and O–H groups in total. The van der Waals surface area contributed by atoms with E-state index in [9.17, 15) is 4.79 Å². The number of anilines is 1. The van der Waals surface area contributed by atoms with E-state index in [1.165, 1.54) is 11.3 Å². The number of hydrogen-bond donors (Lipinski definition) is 2. The molecule has 0 radical (unpaired) electrons. The first kappa shape index (κ1) is 12.9. The highest BCUT2D eigenvalue weighted by Crippen LogP contribution is 2.25. The van der Waals surface area contributed by atoms with Crippen molar-refractivity contribution in [2.24, 2.45) is 0 Å². The van der Waals surface area contributed by atoms with Gasteiger partial charge in [0.1, 0.15) is 0 Å². The highest BCUT2D eigenvalue weighted by atomic mass is 16.3. The molecule has 0 bridgehead atoms. The lowest BCUT2D eigenvalue weighted by atomic mass is 10.1. The maximum absolute atomic E-state index is 11.0. The summed E-state index contributed by atoms with van der Waals surface area (Å²) in [6.07, 6.45) is 0.987. The highest BCUT2D eigenvalue weighted by Gasteiger charge is 2.23. The Hall–Kier alpha value is -1.55. The van der Waals surface area contributed by atoms with Crippen molar-refractivity contribution < 1.29 is 9.90 Å². The number of hydrogen-bond acceptors (Lipinski definition) is 3. The normalized spacial score (nSPS) is 19.1. The molecule has 18 heavy (non-hydrogen) atoms. The lowest BCUT2D eigenvalue weighted by molar-refractivity contribution is -0.119. The van der Waals surface area contributed by atoms with Gasteiger partial charge in [0.15, 0.2) is 0 Å². The molecule has 1 amide bonds. The molecule has 4 heteroatoms. The SMILES string of the molecule is CC(=O)NC1CCN(c2ccc(CO)cc2C)C1. The monoisotopic (exact) mass is 248 g/mol. The fourth-order valence-electron chi connectivity index (χ4n) is 2.56. The van der Waals surface area contributed by atoms with E-state index >= 15 is 0 Å². The van der Waals surface area contributed by atoms with Gasteiger partial charge in [-0.15, -0.1) is 0 Å². The predicted molar refractivity (Wildman–Crippen MR) is 71.5 cm³/mol. The van der Waals surface area contributed by atoms with Gasteiger partial charge in [-0.05, 0) is 30.5 Å². The minimum Gasteiger partial charge on any atom is -0.392 e. The number of aryl methyl sites for hydroxylation is 1. The van der Waals surface area contributed by atoms with Gasteiger partial charge in [0, 0.05) is 31.7 Å². The first-order valence-corrected chi connectivity index (χ1v) is 6.32. The molecular weight excluding hydrogens is 228 g/mol. The molecule has 0 aliphatic carbocycles. The fourth-order valence-corrected chi connectivity index (χ4v) is 2.56. The Bertz CT molecular complexity index is 445. The van der Waals surface area contributed by atoms with Crippen LogP contribution in [0.15, 0.2) is 18.2 Å². The standard InChI is InChI=1S/C14H20N2O2/c1-10-7-12(9-17)3-4-14(10)16-6-5-13(8-16)15-11(2)18/h3-4,7,13,17H,5-6,8-9H2,1-2H3,(H,15,18). The number of aliphatic hydroxyl groups is 1. The van der Waals surface area contributed by atoms with Gasteiger partial charge >= 0.3 is 0 Å². The Labute approximate surface area is 108 Å². The molecule has 1 fully saturated rings. The first-order valence-electron chi connectivity index (χ1n) is 6.32. The minimum absolute atomic E-state index is 0.0363. The van der Waals surface area contributed by atoms with Crippen LogP contribution in [0.2, 0.25) is 0 Å². The van der Waals surface area contributed by atoms with Crippen LogP contribution >= 0.6 is 0 Å². The molecule has 1 aromatic carbocycles. The molecule has 1 saturated heterocycles.